The van der Waals surface area contributed by atoms with Gasteiger partial charge in [-0.05, 0) is 37.5 Å². The molecular formula is C14H22O4. The minimum atomic E-state index is 0.00813. The number of aliphatic hydroxyl groups excluding tert-OH is 1. The van der Waals surface area contributed by atoms with Crippen molar-refractivity contribution in [2.75, 3.05) is 26.9 Å². The van der Waals surface area contributed by atoms with Gasteiger partial charge in [0.1, 0.15) is 0 Å². The van der Waals surface area contributed by atoms with E-state index in [1.165, 1.54) is 0 Å². The van der Waals surface area contributed by atoms with E-state index >= 15 is 0 Å². The Bertz CT molecular complexity index is 339. The summed E-state index contributed by atoms with van der Waals surface area (Å²) in [6.45, 7) is 3.91. The average molecular weight is 254 g/mol. The van der Waals surface area contributed by atoms with Crippen molar-refractivity contribution in [3.8, 4) is 11.5 Å². The van der Waals surface area contributed by atoms with Crippen LogP contribution in [0.4, 0.5) is 0 Å². The number of rotatable bonds is 9. The molecule has 0 unspecified atom stereocenters. The highest BCUT2D eigenvalue weighted by Gasteiger charge is 2.06. The van der Waals surface area contributed by atoms with Gasteiger partial charge in [0, 0.05) is 13.7 Å². The summed E-state index contributed by atoms with van der Waals surface area (Å²) in [4.78, 5) is 0. The Morgan fingerprint density at radius 1 is 1.06 bits per heavy atom. The fraction of sp³-hybridized carbons (Fsp3) is 0.571. The quantitative estimate of drug-likeness (QED) is 0.687. The largest absolute Gasteiger partial charge is 0.490 e. The first-order chi connectivity index (χ1) is 8.81. The van der Waals surface area contributed by atoms with Gasteiger partial charge in [0.2, 0.25) is 0 Å². The predicted molar refractivity (Wildman–Crippen MR) is 70.1 cm³/mol. The van der Waals surface area contributed by atoms with E-state index in [1.807, 2.05) is 25.1 Å². The maximum Gasteiger partial charge on any atom is 0.161 e. The van der Waals surface area contributed by atoms with Gasteiger partial charge in [-0.1, -0.05) is 6.07 Å². The summed E-state index contributed by atoms with van der Waals surface area (Å²) in [6.07, 6.45) is 1.93. The topological polar surface area (TPSA) is 47.9 Å². The van der Waals surface area contributed by atoms with Crippen LogP contribution < -0.4 is 9.47 Å². The number of benzene rings is 1. The van der Waals surface area contributed by atoms with Crippen LogP contribution in [-0.4, -0.2) is 32.0 Å². The van der Waals surface area contributed by atoms with Crippen LogP contribution in [0.15, 0.2) is 18.2 Å². The Morgan fingerprint density at radius 3 is 2.50 bits per heavy atom. The molecule has 0 aliphatic rings. The molecule has 102 valence electrons. The second-order valence-electron chi connectivity index (χ2n) is 3.92. The standard InChI is InChI=1S/C14H22O4/c1-3-17-14-10-12(11-15)6-7-13(14)18-9-5-4-8-16-2/h6-7,10,15H,3-5,8-9,11H2,1-2H3. The second-order valence-corrected chi connectivity index (χ2v) is 3.92. The lowest BCUT2D eigenvalue weighted by atomic mass is 10.2. The molecule has 0 radical (unpaired) electrons. The molecule has 0 amide bonds. The summed E-state index contributed by atoms with van der Waals surface area (Å²) in [5.74, 6) is 1.42. The molecule has 0 aliphatic heterocycles. The molecule has 0 saturated heterocycles. The third-order valence-corrected chi connectivity index (χ3v) is 2.49. The van der Waals surface area contributed by atoms with Crippen molar-refractivity contribution in [3.05, 3.63) is 23.8 Å². The lowest BCUT2D eigenvalue weighted by Crippen LogP contribution is -2.02. The zero-order valence-corrected chi connectivity index (χ0v) is 11.1. The van der Waals surface area contributed by atoms with Crippen LogP contribution in [0, 0.1) is 0 Å². The van der Waals surface area contributed by atoms with Crippen LogP contribution in [0.25, 0.3) is 0 Å². The molecule has 0 spiro atoms. The highest BCUT2D eigenvalue weighted by molar-refractivity contribution is 5.42. The van der Waals surface area contributed by atoms with Gasteiger partial charge in [-0.2, -0.15) is 0 Å². The first-order valence-electron chi connectivity index (χ1n) is 6.30. The average Bonchev–Trinajstić information content (AvgIpc) is 2.40. The second kappa shape index (κ2) is 8.78. The summed E-state index contributed by atoms with van der Waals surface area (Å²) in [5, 5.41) is 9.08. The SMILES string of the molecule is CCOc1cc(CO)ccc1OCCCCOC. The maximum absolute atomic E-state index is 9.08. The van der Waals surface area contributed by atoms with Crippen LogP contribution >= 0.6 is 0 Å². The summed E-state index contributed by atoms with van der Waals surface area (Å²) >= 11 is 0. The Labute approximate surface area is 108 Å². The number of hydrogen-bond acceptors (Lipinski definition) is 4. The smallest absolute Gasteiger partial charge is 0.161 e. The zero-order valence-electron chi connectivity index (χ0n) is 11.1. The van der Waals surface area contributed by atoms with Crippen molar-refractivity contribution < 1.29 is 19.3 Å². The molecule has 0 heterocycles. The Balaban J connectivity index is 2.52. The van der Waals surface area contributed by atoms with E-state index < -0.39 is 0 Å². The molecule has 1 aromatic rings. The third-order valence-electron chi connectivity index (χ3n) is 2.49. The van der Waals surface area contributed by atoms with Crippen LogP contribution in [0.3, 0.4) is 0 Å². The third kappa shape index (κ3) is 4.94. The molecule has 4 nitrogen and oxygen atoms in total. The molecule has 1 rings (SSSR count). The number of ether oxygens (including phenoxy) is 3. The van der Waals surface area contributed by atoms with Crippen molar-refractivity contribution >= 4 is 0 Å². The molecule has 0 atom stereocenters. The van der Waals surface area contributed by atoms with E-state index in [1.54, 1.807) is 7.11 Å². The molecule has 4 heteroatoms. The molecular weight excluding hydrogens is 232 g/mol. The highest BCUT2D eigenvalue weighted by atomic mass is 16.5. The summed E-state index contributed by atoms with van der Waals surface area (Å²) in [7, 11) is 1.70. The van der Waals surface area contributed by atoms with E-state index in [0.29, 0.717) is 19.0 Å². The van der Waals surface area contributed by atoms with Gasteiger partial charge in [-0.25, -0.2) is 0 Å². The minimum Gasteiger partial charge on any atom is -0.490 e. The molecule has 0 bridgehead atoms. The highest BCUT2D eigenvalue weighted by Crippen LogP contribution is 2.28. The van der Waals surface area contributed by atoms with E-state index in [0.717, 1.165) is 30.8 Å². The van der Waals surface area contributed by atoms with Gasteiger partial charge in [-0.3, -0.25) is 0 Å². The maximum atomic E-state index is 9.08. The lowest BCUT2D eigenvalue weighted by molar-refractivity contribution is 0.183. The Morgan fingerprint density at radius 2 is 1.83 bits per heavy atom. The molecule has 18 heavy (non-hydrogen) atoms. The molecule has 0 aromatic heterocycles. The Hall–Kier alpha value is -1.26. The summed E-state index contributed by atoms with van der Waals surface area (Å²) in [6, 6.07) is 5.49. The van der Waals surface area contributed by atoms with Crippen LogP contribution in [0.1, 0.15) is 25.3 Å². The van der Waals surface area contributed by atoms with Crippen molar-refractivity contribution in [3.63, 3.8) is 0 Å². The van der Waals surface area contributed by atoms with Gasteiger partial charge in [0.05, 0.1) is 19.8 Å². The van der Waals surface area contributed by atoms with Gasteiger partial charge in [0.25, 0.3) is 0 Å². The fourth-order valence-electron chi connectivity index (χ4n) is 1.57. The monoisotopic (exact) mass is 254 g/mol. The molecule has 0 fully saturated rings. The first-order valence-corrected chi connectivity index (χ1v) is 6.30. The predicted octanol–water partition coefficient (Wildman–Crippen LogP) is 2.38. The van der Waals surface area contributed by atoms with Crippen LogP contribution in [-0.2, 0) is 11.3 Å². The van der Waals surface area contributed by atoms with Crippen molar-refractivity contribution in [1.82, 2.24) is 0 Å². The van der Waals surface area contributed by atoms with Crippen LogP contribution in [0.2, 0.25) is 0 Å². The van der Waals surface area contributed by atoms with E-state index in [4.69, 9.17) is 19.3 Å². The van der Waals surface area contributed by atoms with Crippen molar-refractivity contribution in [1.29, 1.82) is 0 Å². The molecule has 1 aromatic carbocycles. The minimum absolute atomic E-state index is 0.00813. The van der Waals surface area contributed by atoms with E-state index in [9.17, 15) is 0 Å². The molecule has 1 N–H and O–H groups in total. The van der Waals surface area contributed by atoms with Crippen molar-refractivity contribution in [2.45, 2.75) is 26.4 Å². The Kier molecular flexibility index (Phi) is 7.22. The van der Waals surface area contributed by atoms with Crippen molar-refractivity contribution in [2.24, 2.45) is 0 Å². The van der Waals surface area contributed by atoms with Gasteiger partial charge in [-0.15, -0.1) is 0 Å². The first kappa shape index (κ1) is 14.8. The summed E-state index contributed by atoms with van der Waals surface area (Å²) in [5.41, 5.74) is 0.824. The fourth-order valence-corrected chi connectivity index (χ4v) is 1.57. The van der Waals surface area contributed by atoms with Gasteiger partial charge in [0.15, 0.2) is 11.5 Å². The number of methoxy groups -OCH3 is 1. The van der Waals surface area contributed by atoms with Crippen LogP contribution in [0.5, 0.6) is 11.5 Å². The van der Waals surface area contributed by atoms with Gasteiger partial charge < -0.3 is 19.3 Å². The molecule has 0 aliphatic carbocycles. The zero-order chi connectivity index (χ0) is 13.2. The summed E-state index contributed by atoms with van der Waals surface area (Å²) < 4.78 is 16.1. The normalized spacial score (nSPS) is 10.4. The molecule has 0 saturated carbocycles. The van der Waals surface area contributed by atoms with E-state index in [2.05, 4.69) is 0 Å². The lowest BCUT2D eigenvalue weighted by Gasteiger charge is -2.12. The number of unbranched alkanes of at least 4 members (excludes halogenated alkanes) is 1. The number of hydrogen-bond donors (Lipinski definition) is 1. The number of aliphatic hydroxyl groups is 1. The van der Waals surface area contributed by atoms with Gasteiger partial charge >= 0.3 is 0 Å². The van der Waals surface area contributed by atoms with E-state index in [-0.39, 0.29) is 6.61 Å².